The molecule has 0 saturated carbocycles. The molecule has 2 aliphatic rings. The Morgan fingerprint density at radius 2 is 1.69 bits per heavy atom. The maximum atomic E-state index is 12.9. The molecule has 2 aromatic carbocycles. The Bertz CT molecular complexity index is 1000. The number of benzene rings is 2. The van der Waals surface area contributed by atoms with Crippen molar-refractivity contribution in [2.45, 2.75) is 13.0 Å². The highest BCUT2D eigenvalue weighted by Gasteiger charge is 2.55. The van der Waals surface area contributed by atoms with E-state index in [2.05, 4.69) is 10.5 Å². The van der Waals surface area contributed by atoms with E-state index < -0.39 is 29.7 Å². The number of imide groups is 1. The van der Waals surface area contributed by atoms with Gasteiger partial charge in [0.25, 0.3) is 5.91 Å². The number of hydrogen-bond acceptors (Lipinski definition) is 7. The van der Waals surface area contributed by atoms with Crippen LogP contribution in [0.2, 0.25) is 5.02 Å². The summed E-state index contributed by atoms with van der Waals surface area (Å²) >= 11 is 5.86. The van der Waals surface area contributed by atoms with Crippen LogP contribution in [0, 0.1) is 5.92 Å². The first kappa shape index (κ1) is 18.9. The van der Waals surface area contributed by atoms with E-state index in [0.717, 1.165) is 4.90 Å². The molecule has 1 N–H and O–H groups in total. The molecule has 8 nitrogen and oxygen atoms in total. The lowest BCUT2D eigenvalue weighted by atomic mass is 9.99. The van der Waals surface area contributed by atoms with Crippen LogP contribution in [0.4, 0.5) is 5.69 Å². The molecular formula is C20H16ClN3O5. The molecule has 2 amide bonds. The number of fused-ring (bicyclic) bond motifs is 1. The van der Waals surface area contributed by atoms with Crippen molar-refractivity contribution in [2.24, 2.45) is 11.0 Å². The number of carbonyl (C=O) groups is 3. The summed E-state index contributed by atoms with van der Waals surface area (Å²) in [6.45, 7) is 1.80. The summed E-state index contributed by atoms with van der Waals surface area (Å²) in [5, 5.41) is 4.43. The molecule has 29 heavy (non-hydrogen) atoms. The summed E-state index contributed by atoms with van der Waals surface area (Å²) in [4.78, 5) is 38.6. The van der Waals surface area contributed by atoms with E-state index in [1.54, 1.807) is 55.5 Å². The molecule has 2 aliphatic heterocycles. The van der Waals surface area contributed by atoms with Gasteiger partial charge in [-0.25, -0.2) is 9.69 Å². The maximum absolute atomic E-state index is 12.9. The number of rotatable bonds is 5. The van der Waals surface area contributed by atoms with Crippen LogP contribution < -0.4 is 15.1 Å². The SMILES string of the molecule is CCOC(=O)C1=NNC2C(=O)N(c3ccc(Oc4ccc(Cl)cc4)cc3)C(=O)C12. The normalized spacial score (nSPS) is 20.2. The van der Waals surface area contributed by atoms with Gasteiger partial charge in [-0.3, -0.25) is 15.0 Å². The average molecular weight is 414 g/mol. The minimum atomic E-state index is -0.994. The molecule has 4 rings (SSSR count). The molecule has 0 aromatic heterocycles. The number of esters is 1. The molecule has 9 heteroatoms. The quantitative estimate of drug-likeness (QED) is 0.597. The molecule has 2 atom stereocenters. The zero-order valence-electron chi connectivity index (χ0n) is 15.3. The van der Waals surface area contributed by atoms with Gasteiger partial charge in [-0.1, -0.05) is 11.6 Å². The smallest absolute Gasteiger partial charge is 0.355 e. The Morgan fingerprint density at radius 1 is 1.07 bits per heavy atom. The molecular weight excluding hydrogens is 398 g/mol. The lowest BCUT2D eigenvalue weighted by Crippen LogP contribution is -2.36. The molecule has 0 spiro atoms. The molecule has 1 fully saturated rings. The number of anilines is 1. The van der Waals surface area contributed by atoms with Crippen LogP contribution in [0.15, 0.2) is 53.6 Å². The first-order valence-electron chi connectivity index (χ1n) is 8.91. The lowest BCUT2D eigenvalue weighted by Gasteiger charge is -2.16. The van der Waals surface area contributed by atoms with Crippen LogP contribution in [-0.4, -0.2) is 36.1 Å². The third-order valence-electron chi connectivity index (χ3n) is 4.55. The van der Waals surface area contributed by atoms with Gasteiger partial charge in [0.15, 0.2) is 5.71 Å². The topological polar surface area (TPSA) is 97.3 Å². The number of nitrogens with one attached hydrogen (secondary N) is 1. The van der Waals surface area contributed by atoms with Crippen molar-refractivity contribution in [1.29, 1.82) is 0 Å². The minimum absolute atomic E-state index is 0.0830. The van der Waals surface area contributed by atoms with E-state index in [0.29, 0.717) is 22.2 Å². The predicted octanol–water partition coefficient (Wildman–Crippen LogP) is 2.51. The van der Waals surface area contributed by atoms with Gasteiger partial charge in [0.1, 0.15) is 23.5 Å². The average Bonchev–Trinajstić information content (AvgIpc) is 3.25. The van der Waals surface area contributed by atoms with Crippen molar-refractivity contribution in [1.82, 2.24) is 5.43 Å². The van der Waals surface area contributed by atoms with Gasteiger partial charge >= 0.3 is 5.97 Å². The van der Waals surface area contributed by atoms with Crippen molar-refractivity contribution in [3.63, 3.8) is 0 Å². The second-order valence-corrected chi connectivity index (χ2v) is 6.80. The van der Waals surface area contributed by atoms with Crippen LogP contribution in [0.25, 0.3) is 0 Å². The predicted molar refractivity (Wildman–Crippen MR) is 105 cm³/mol. The molecule has 0 bridgehead atoms. The van der Waals surface area contributed by atoms with Gasteiger partial charge < -0.3 is 9.47 Å². The van der Waals surface area contributed by atoms with Gasteiger partial charge in [-0.15, -0.1) is 0 Å². The Hall–Kier alpha value is -3.39. The molecule has 0 radical (unpaired) electrons. The number of amides is 2. The van der Waals surface area contributed by atoms with Crippen molar-refractivity contribution in [3.8, 4) is 11.5 Å². The minimum Gasteiger partial charge on any atom is -0.461 e. The maximum Gasteiger partial charge on any atom is 0.355 e. The highest BCUT2D eigenvalue weighted by atomic mass is 35.5. The number of halogens is 1. The largest absolute Gasteiger partial charge is 0.461 e. The van der Waals surface area contributed by atoms with Crippen molar-refractivity contribution >= 4 is 40.8 Å². The van der Waals surface area contributed by atoms with E-state index in [4.69, 9.17) is 21.1 Å². The Labute approximate surface area is 171 Å². The molecule has 0 aliphatic carbocycles. The van der Waals surface area contributed by atoms with E-state index in [1.165, 1.54) is 0 Å². The highest BCUT2D eigenvalue weighted by molar-refractivity contribution is 6.46. The molecule has 2 heterocycles. The Morgan fingerprint density at radius 3 is 2.31 bits per heavy atom. The first-order valence-corrected chi connectivity index (χ1v) is 9.29. The summed E-state index contributed by atoms with van der Waals surface area (Å²) in [6, 6.07) is 12.5. The van der Waals surface area contributed by atoms with E-state index in [1.807, 2.05) is 0 Å². The fraction of sp³-hybridized carbons (Fsp3) is 0.200. The number of hydrogen-bond donors (Lipinski definition) is 1. The van der Waals surface area contributed by atoms with Crippen LogP contribution in [0.5, 0.6) is 11.5 Å². The van der Waals surface area contributed by atoms with Gasteiger partial charge in [-0.2, -0.15) is 5.10 Å². The molecule has 1 saturated heterocycles. The van der Waals surface area contributed by atoms with Crippen molar-refractivity contribution in [3.05, 3.63) is 53.6 Å². The zero-order chi connectivity index (χ0) is 20.5. The van der Waals surface area contributed by atoms with Gasteiger partial charge in [0, 0.05) is 5.02 Å². The summed E-state index contributed by atoms with van der Waals surface area (Å²) < 4.78 is 10.6. The molecule has 2 unspecified atom stereocenters. The highest BCUT2D eigenvalue weighted by Crippen LogP contribution is 2.32. The monoisotopic (exact) mass is 413 g/mol. The third kappa shape index (κ3) is 3.42. The van der Waals surface area contributed by atoms with Crippen molar-refractivity contribution < 1.29 is 23.9 Å². The number of carbonyl (C=O) groups excluding carboxylic acids is 3. The lowest BCUT2D eigenvalue weighted by molar-refractivity contribution is -0.136. The Kier molecular flexibility index (Phi) is 4.94. The van der Waals surface area contributed by atoms with Gasteiger partial charge in [-0.05, 0) is 55.5 Å². The first-order chi connectivity index (χ1) is 14.0. The van der Waals surface area contributed by atoms with Crippen LogP contribution in [0.3, 0.4) is 0 Å². The molecule has 148 valence electrons. The third-order valence-corrected chi connectivity index (χ3v) is 4.81. The van der Waals surface area contributed by atoms with Crippen LogP contribution in [0.1, 0.15) is 6.92 Å². The van der Waals surface area contributed by atoms with Crippen LogP contribution >= 0.6 is 11.6 Å². The second-order valence-electron chi connectivity index (χ2n) is 6.36. The molecule has 2 aromatic rings. The van der Waals surface area contributed by atoms with Crippen molar-refractivity contribution in [2.75, 3.05) is 11.5 Å². The summed E-state index contributed by atoms with van der Waals surface area (Å²) in [6.07, 6.45) is 0. The second kappa shape index (κ2) is 7.56. The fourth-order valence-electron chi connectivity index (χ4n) is 3.22. The van der Waals surface area contributed by atoms with E-state index in [9.17, 15) is 14.4 Å². The van der Waals surface area contributed by atoms with E-state index in [-0.39, 0.29) is 12.3 Å². The zero-order valence-corrected chi connectivity index (χ0v) is 16.1. The van der Waals surface area contributed by atoms with E-state index >= 15 is 0 Å². The summed E-state index contributed by atoms with van der Waals surface area (Å²) in [5.41, 5.74) is 2.87. The number of hydrazone groups is 1. The number of nitrogens with zero attached hydrogens (tertiary/aromatic N) is 2. The van der Waals surface area contributed by atoms with Crippen LogP contribution in [-0.2, 0) is 19.1 Å². The van der Waals surface area contributed by atoms with Gasteiger partial charge in [0.05, 0.1) is 12.3 Å². The number of ether oxygens (including phenoxy) is 2. The summed E-state index contributed by atoms with van der Waals surface area (Å²) in [5.74, 6) is -1.57. The standard InChI is InChI=1S/C20H16ClN3O5/c1-2-28-20(27)17-15-16(22-23-17)19(26)24(18(15)25)12-5-9-14(10-6-12)29-13-7-3-11(21)4-8-13/h3-10,15-16,22H,2H2,1H3. The van der Waals surface area contributed by atoms with Gasteiger partial charge in [0.2, 0.25) is 5.91 Å². The summed E-state index contributed by atoms with van der Waals surface area (Å²) in [7, 11) is 0. The fourth-order valence-corrected chi connectivity index (χ4v) is 3.35. The Balaban J connectivity index is 1.52.